The molecule has 0 N–H and O–H groups in total. The summed E-state index contributed by atoms with van der Waals surface area (Å²) >= 11 is 6.06. The molecule has 0 bridgehead atoms. The molecule has 0 rings (SSSR count). The Labute approximate surface area is 116 Å². The maximum absolute atomic E-state index is 11.7. The first-order chi connectivity index (χ1) is 8.01. The minimum absolute atomic E-state index is 0.142. The average molecular weight is 274 g/mol. The van der Waals surface area contributed by atoms with Crippen LogP contribution < -0.4 is 0 Å². The van der Waals surface area contributed by atoms with Crippen molar-refractivity contribution < 1.29 is 4.79 Å². The van der Waals surface area contributed by atoms with Crippen LogP contribution in [-0.4, -0.2) is 15.6 Å². The van der Waals surface area contributed by atoms with Crippen LogP contribution in [0.25, 0.3) is 0 Å². The van der Waals surface area contributed by atoms with Gasteiger partial charge in [0.25, 0.3) is 0 Å². The first kappa shape index (κ1) is 17.1. The van der Waals surface area contributed by atoms with E-state index in [2.05, 4.69) is 33.1 Å². The molecule has 0 saturated carbocycles. The normalized spacial score (nSPS) is 14.4. The highest BCUT2D eigenvalue weighted by atomic mass is 32.2. The van der Waals surface area contributed by atoms with Gasteiger partial charge in [-0.05, 0) is 31.8 Å². The third kappa shape index (κ3) is 8.78. The smallest absolute Gasteiger partial charge is 0.214 e. The maximum Gasteiger partial charge on any atom is 0.214 e. The number of hydrogen-bond donors (Lipinski definition) is 1. The van der Waals surface area contributed by atoms with Crippen molar-refractivity contribution >= 4 is 29.5 Å². The summed E-state index contributed by atoms with van der Waals surface area (Å²) in [6.45, 7) is 9.87. The van der Waals surface area contributed by atoms with E-state index in [9.17, 15) is 4.79 Å². The standard InChI is InChI=1S/C14H26OS2/c1-5-7-9-13(10-12(16)8-6-2)17-14(15)11(3)4/h12-13,16H,3,5-10H2,1-2,4H3. The van der Waals surface area contributed by atoms with Gasteiger partial charge in [-0.2, -0.15) is 12.6 Å². The zero-order chi connectivity index (χ0) is 13.3. The lowest BCUT2D eigenvalue weighted by Crippen LogP contribution is -2.14. The molecule has 17 heavy (non-hydrogen) atoms. The Morgan fingerprint density at radius 1 is 1.29 bits per heavy atom. The SMILES string of the molecule is C=C(C)C(=O)SC(CCCC)CC(S)CCC. The van der Waals surface area contributed by atoms with Crippen LogP contribution in [0.2, 0.25) is 0 Å². The molecule has 0 radical (unpaired) electrons. The molecule has 0 spiro atoms. The fourth-order valence-corrected chi connectivity index (χ4v) is 3.44. The van der Waals surface area contributed by atoms with E-state index in [0.29, 0.717) is 16.1 Å². The monoisotopic (exact) mass is 274 g/mol. The zero-order valence-corrected chi connectivity index (χ0v) is 13.1. The summed E-state index contributed by atoms with van der Waals surface area (Å²) < 4.78 is 0. The van der Waals surface area contributed by atoms with E-state index in [1.807, 2.05) is 0 Å². The molecule has 0 aliphatic carbocycles. The van der Waals surface area contributed by atoms with Crippen LogP contribution in [0.1, 0.15) is 59.3 Å². The summed E-state index contributed by atoms with van der Waals surface area (Å²) in [7, 11) is 0. The highest BCUT2D eigenvalue weighted by molar-refractivity contribution is 8.14. The topological polar surface area (TPSA) is 17.1 Å². The van der Waals surface area contributed by atoms with Crippen molar-refractivity contribution in [3.8, 4) is 0 Å². The number of rotatable bonds is 9. The Balaban J connectivity index is 4.21. The first-order valence-corrected chi connectivity index (χ1v) is 7.95. The van der Waals surface area contributed by atoms with Gasteiger partial charge in [-0.25, -0.2) is 0 Å². The highest BCUT2D eigenvalue weighted by Crippen LogP contribution is 2.27. The van der Waals surface area contributed by atoms with E-state index >= 15 is 0 Å². The van der Waals surface area contributed by atoms with Gasteiger partial charge in [0.1, 0.15) is 0 Å². The molecule has 0 aromatic carbocycles. The van der Waals surface area contributed by atoms with Crippen LogP contribution >= 0.6 is 24.4 Å². The Kier molecular flexibility index (Phi) is 10.1. The number of carbonyl (C=O) groups is 1. The quantitative estimate of drug-likeness (QED) is 0.477. The van der Waals surface area contributed by atoms with Gasteiger partial charge in [-0.1, -0.05) is 51.5 Å². The summed E-state index contributed by atoms with van der Waals surface area (Å²) in [5.41, 5.74) is 0.655. The molecule has 2 atom stereocenters. The molecule has 0 saturated heterocycles. The minimum atomic E-state index is 0.142. The van der Waals surface area contributed by atoms with Crippen LogP contribution in [-0.2, 0) is 4.79 Å². The second kappa shape index (κ2) is 10.1. The summed E-state index contributed by atoms with van der Waals surface area (Å²) in [6.07, 6.45) is 6.81. The lowest BCUT2D eigenvalue weighted by molar-refractivity contribution is -0.107. The Bertz CT molecular complexity index is 238. The molecule has 0 aromatic heterocycles. The molecule has 1 nitrogen and oxygen atoms in total. The number of carbonyl (C=O) groups excluding carboxylic acids is 1. The summed E-state index contributed by atoms with van der Waals surface area (Å²) in [6, 6.07) is 0. The van der Waals surface area contributed by atoms with Crippen molar-refractivity contribution in [2.45, 2.75) is 69.8 Å². The van der Waals surface area contributed by atoms with Gasteiger partial charge in [0.2, 0.25) is 5.12 Å². The average Bonchev–Trinajstić information content (AvgIpc) is 2.25. The van der Waals surface area contributed by atoms with E-state index in [1.165, 1.54) is 24.6 Å². The molecule has 3 heteroatoms. The largest absolute Gasteiger partial charge is 0.282 e. The van der Waals surface area contributed by atoms with Crippen LogP contribution in [0.5, 0.6) is 0 Å². The van der Waals surface area contributed by atoms with Gasteiger partial charge in [0, 0.05) is 10.5 Å². The fraction of sp³-hybridized carbons (Fsp3) is 0.786. The first-order valence-electron chi connectivity index (χ1n) is 6.55. The molecule has 0 amide bonds. The molecular weight excluding hydrogens is 248 g/mol. The Morgan fingerprint density at radius 2 is 1.94 bits per heavy atom. The van der Waals surface area contributed by atoms with Gasteiger partial charge < -0.3 is 0 Å². The predicted octanol–water partition coefficient (Wildman–Crippen LogP) is 4.87. The van der Waals surface area contributed by atoms with E-state index < -0.39 is 0 Å². The lowest BCUT2D eigenvalue weighted by Gasteiger charge is -2.19. The summed E-state index contributed by atoms with van der Waals surface area (Å²) in [4.78, 5) is 11.7. The van der Waals surface area contributed by atoms with Gasteiger partial charge in [-0.15, -0.1) is 0 Å². The molecular formula is C14H26OS2. The molecule has 0 aliphatic rings. The third-order valence-corrected chi connectivity index (χ3v) is 4.45. The van der Waals surface area contributed by atoms with Gasteiger partial charge in [0.05, 0.1) is 0 Å². The van der Waals surface area contributed by atoms with Crippen LogP contribution in [0.3, 0.4) is 0 Å². The summed E-state index contributed by atoms with van der Waals surface area (Å²) in [5.74, 6) is 0. The van der Waals surface area contributed by atoms with Crippen LogP contribution in [0.15, 0.2) is 12.2 Å². The maximum atomic E-state index is 11.7. The number of hydrogen-bond acceptors (Lipinski definition) is 3. The molecule has 0 aromatic rings. The van der Waals surface area contributed by atoms with Crippen molar-refractivity contribution in [1.29, 1.82) is 0 Å². The van der Waals surface area contributed by atoms with Crippen LogP contribution in [0.4, 0.5) is 0 Å². The Hall–Kier alpha value is 0.110. The zero-order valence-electron chi connectivity index (χ0n) is 11.4. The molecule has 0 fully saturated rings. The van der Waals surface area contributed by atoms with Crippen molar-refractivity contribution in [2.24, 2.45) is 0 Å². The third-order valence-electron chi connectivity index (χ3n) is 2.66. The van der Waals surface area contributed by atoms with E-state index in [-0.39, 0.29) is 5.12 Å². The highest BCUT2D eigenvalue weighted by Gasteiger charge is 2.17. The number of unbranched alkanes of at least 4 members (excludes halogenated alkanes) is 1. The van der Waals surface area contributed by atoms with Gasteiger partial charge in [0.15, 0.2) is 0 Å². The minimum Gasteiger partial charge on any atom is -0.282 e. The number of thiol groups is 1. The molecule has 100 valence electrons. The number of thioether (sulfide) groups is 1. The van der Waals surface area contributed by atoms with Crippen molar-refractivity contribution in [3.05, 3.63) is 12.2 Å². The predicted molar refractivity (Wildman–Crippen MR) is 83.0 cm³/mol. The van der Waals surface area contributed by atoms with Gasteiger partial charge >= 0.3 is 0 Å². The molecule has 0 aliphatic heterocycles. The molecule has 0 heterocycles. The van der Waals surface area contributed by atoms with Gasteiger partial charge in [-0.3, -0.25) is 4.79 Å². The second-order valence-corrected chi connectivity index (χ2v) is 6.63. The lowest BCUT2D eigenvalue weighted by atomic mass is 10.1. The van der Waals surface area contributed by atoms with Crippen molar-refractivity contribution in [3.63, 3.8) is 0 Å². The fourth-order valence-electron chi connectivity index (χ4n) is 1.66. The van der Waals surface area contributed by atoms with Crippen molar-refractivity contribution in [1.82, 2.24) is 0 Å². The Morgan fingerprint density at radius 3 is 2.41 bits per heavy atom. The van der Waals surface area contributed by atoms with Crippen molar-refractivity contribution in [2.75, 3.05) is 0 Å². The molecule has 2 unspecified atom stereocenters. The van der Waals surface area contributed by atoms with Crippen LogP contribution in [0, 0.1) is 0 Å². The van der Waals surface area contributed by atoms with E-state index in [1.54, 1.807) is 6.92 Å². The van der Waals surface area contributed by atoms with E-state index in [0.717, 1.165) is 25.7 Å². The second-order valence-electron chi connectivity index (χ2n) is 4.63. The summed E-state index contributed by atoms with van der Waals surface area (Å²) in [5, 5.41) is 0.976. The van der Waals surface area contributed by atoms with E-state index in [4.69, 9.17) is 0 Å².